The molecule has 2 heterocycles. The number of aromatic nitrogens is 4. The number of para-hydroxylation sites is 1. The van der Waals surface area contributed by atoms with E-state index < -0.39 is 0 Å². The Morgan fingerprint density at radius 1 is 0.969 bits per heavy atom. The van der Waals surface area contributed by atoms with Gasteiger partial charge in [-0.05, 0) is 62.1 Å². The van der Waals surface area contributed by atoms with Crippen LogP contribution in [0.1, 0.15) is 31.7 Å². The molecule has 1 aliphatic carbocycles. The zero-order chi connectivity index (χ0) is 22.1. The lowest BCUT2D eigenvalue weighted by Gasteiger charge is -2.28. The Labute approximate surface area is 189 Å². The van der Waals surface area contributed by atoms with Gasteiger partial charge in [0.15, 0.2) is 5.65 Å². The predicted molar refractivity (Wildman–Crippen MR) is 123 cm³/mol. The molecule has 1 saturated carbocycles. The Hall–Kier alpha value is -3.23. The fourth-order valence-corrected chi connectivity index (χ4v) is 4.17. The second kappa shape index (κ2) is 8.72. The van der Waals surface area contributed by atoms with Crippen LogP contribution in [0.2, 0.25) is 5.02 Å². The van der Waals surface area contributed by atoms with E-state index in [1.807, 2.05) is 16.7 Å². The topological polar surface area (TPSA) is 87.9 Å². The Morgan fingerprint density at radius 3 is 2.47 bits per heavy atom. The lowest BCUT2D eigenvalue weighted by atomic mass is 9.93. The van der Waals surface area contributed by atoms with Crippen LogP contribution in [-0.4, -0.2) is 30.7 Å². The number of aliphatic hydroxyl groups excluding tert-OH is 1. The minimum absolute atomic E-state index is 0.0796. The molecule has 32 heavy (non-hydrogen) atoms. The average molecular weight is 453 g/mol. The second-order valence-corrected chi connectivity index (χ2v) is 8.34. The fourth-order valence-electron chi connectivity index (χ4n) is 4.05. The van der Waals surface area contributed by atoms with Crippen LogP contribution in [0.15, 0.2) is 54.7 Å². The molecule has 7 nitrogen and oxygen atoms in total. The van der Waals surface area contributed by atoms with Crippen LogP contribution in [-0.2, 0) is 0 Å². The zero-order valence-electron chi connectivity index (χ0n) is 17.2. The van der Waals surface area contributed by atoms with Crippen LogP contribution in [0.5, 0.6) is 0 Å². The minimum Gasteiger partial charge on any atom is -0.393 e. The number of rotatable bonds is 5. The number of hydrogen-bond acceptors (Lipinski definition) is 6. The van der Waals surface area contributed by atoms with Gasteiger partial charge in [-0.2, -0.15) is 4.98 Å². The van der Waals surface area contributed by atoms with Crippen LogP contribution in [0.4, 0.5) is 27.7 Å². The minimum atomic E-state index is -0.360. The van der Waals surface area contributed by atoms with Gasteiger partial charge in [0.1, 0.15) is 11.3 Å². The molecular weight excluding hydrogens is 431 g/mol. The van der Waals surface area contributed by atoms with Crippen molar-refractivity contribution in [2.24, 2.45) is 0 Å². The van der Waals surface area contributed by atoms with E-state index in [4.69, 9.17) is 16.6 Å². The van der Waals surface area contributed by atoms with Crippen molar-refractivity contribution in [3.8, 4) is 0 Å². The Kier molecular flexibility index (Phi) is 5.63. The van der Waals surface area contributed by atoms with Gasteiger partial charge in [-0.3, -0.25) is 4.57 Å². The Balaban J connectivity index is 1.55. The molecule has 4 aromatic rings. The molecule has 0 saturated heterocycles. The van der Waals surface area contributed by atoms with Crippen LogP contribution >= 0.6 is 11.6 Å². The second-order valence-electron chi connectivity index (χ2n) is 7.91. The van der Waals surface area contributed by atoms with Gasteiger partial charge >= 0.3 is 0 Å². The fraction of sp³-hybridized carbons (Fsp3) is 0.261. The largest absolute Gasteiger partial charge is 0.393 e. The van der Waals surface area contributed by atoms with Crippen molar-refractivity contribution in [3.63, 3.8) is 0 Å². The molecule has 164 valence electrons. The molecule has 9 heteroatoms. The van der Waals surface area contributed by atoms with E-state index in [1.54, 1.807) is 36.5 Å². The molecule has 0 radical (unpaired) electrons. The number of nitrogens with zero attached hydrogens (tertiary/aromatic N) is 4. The summed E-state index contributed by atoms with van der Waals surface area (Å²) in [6.45, 7) is 0. The standard InChI is InChI=1S/C23H22ClFN6O/c24-14-5-7-15(8-6-14)27-22-26-13-20-21(30-22)31(16-9-11-17(32)12-10-16)23(29-20)28-19-4-2-1-3-18(19)25/h1-8,13,16-17,32H,9-12H2,(H,28,29)(H,26,27,30). The van der Waals surface area contributed by atoms with Crippen molar-refractivity contribution >= 4 is 46.0 Å². The number of fused-ring (bicyclic) bond motifs is 1. The van der Waals surface area contributed by atoms with E-state index in [0.717, 1.165) is 18.5 Å². The Morgan fingerprint density at radius 2 is 1.72 bits per heavy atom. The number of aliphatic hydroxyl groups is 1. The smallest absolute Gasteiger partial charge is 0.229 e. The molecule has 3 N–H and O–H groups in total. The number of nitrogens with one attached hydrogen (secondary N) is 2. The molecule has 0 aliphatic heterocycles. The maximum atomic E-state index is 14.3. The summed E-state index contributed by atoms with van der Waals surface area (Å²) in [5.41, 5.74) is 2.41. The first-order valence-electron chi connectivity index (χ1n) is 10.5. The van der Waals surface area contributed by atoms with Gasteiger partial charge < -0.3 is 15.7 Å². The van der Waals surface area contributed by atoms with Gasteiger partial charge in [-0.25, -0.2) is 14.4 Å². The summed E-state index contributed by atoms with van der Waals surface area (Å²) in [4.78, 5) is 13.8. The van der Waals surface area contributed by atoms with Crippen LogP contribution in [0, 0.1) is 5.82 Å². The first-order chi connectivity index (χ1) is 15.6. The molecule has 0 bridgehead atoms. The number of hydrogen-bond donors (Lipinski definition) is 3. The first kappa shape index (κ1) is 20.7. The van der Waals surface area contributed by atoms with E-state index in [0.29, 0.717) is 46.6 Å². The third-order valence-electron chi connectivity index (χ3n) is 5.68. The molecular formula is C23H22ClFN6O. The van der Waals surface area contributed by atoms with E-state index in [9.17, 15) is 9.50 Å². The number of halogens is 2. The van der Waals surface area contributed by atoms with Crippen LogP contribution in [0.3, 0.4) is 0 Å². The van der Waals surface area contributed by atoms with Crippen molar-refractivity contribution in [2.45, 2.75) is 37.8 Å². The van der Waals surface area contributed by atoms with Crippen molar-refractivity contribution in [2.75, 3.05) is 10.6 Å². The first-order valence-corrected chi connectivity index (χ1v) is 10.9. The van der Waals surface area contributed by atoms with E-state index >= 15 is 0 Å². The quantitative estimate of drug-likeness (QED) is 0.366. The van der Waals surface area contributed by atoms with E-state index in [1.165, 1.54) is 6.07 Å². The third-order valence-corrected chi connectivity index (χ3v) is 5.94. The summed E-state index contributed by atoms with van der Waals surface area (Å²) >= 11 is 5.97. The van der Waals surface area contributed by atoms with Gasteiger partial charge in [0.25, 0.3) is 0 Å². The molecule has 5 rings (SSSR count). The predicted octanol–water partition coefficient (Wildman–Crippen LogP) is 5.58. The van der Waals surface area contributed by atoms with Crippen LogP contribution in [0.25, 0.3) is 11.2 Å². The molecule has 0 spiro atoms. The van der Waals surface area contributed by atoms with E-state index in [-0.39, 0.29) is 18.0 Å². The molecule has 0 unspecified atom stereocenters. The van der Waals surface area contributed by atoms with Gasteiger partial charge in [-0.15, -0.1) is 0 Å². The lowest BCUT2D eigenvalue weighted by Crippen LogP contribution is -2.22. The molecule has 0 atom stereocenters. The average Bonchev–Trinajstić information content (AvgIpc) is 3.15. The van der Waals surface area contributed by atoms with Crippen LogP contribution < -0.4 is 10.6 Å². The molecule has 1 fully saturated rings. The van der Waals surface area contributed by atoms with Crippen molar-refractivity contribution in [1.29, 1.82) is 0 Å². The highest BCUT2D eigenvalue weighted by Gasteiger charge is 2.26. The zero-order valence-corrected chi connectivity index (χ0v) is 17.9. The third kappa shape index (κ3) is 4.24. The highest BCUT2D eigenvalue weighted by molar-refractivity contribution is 6.30. The normalized spacial score (nSPS) is 18.6. The van der Waals surface area contributed by atoms with Crippen molar-refractivity contribution in [3.05, 3.63) is 65.6 Å². The number of benzene rings is 2. The Bertz CT molecular complexity index is 1240. The van der Waals surface area contributed by atoms with Gasteiger partial charge in [0, 0.05) is 16.8 Å². The summed E-state index contributed by atoms with van der Waals surface area (Å²) in [6.07, 6.45) is 4.32. The summed E-state index contributed by atoms with van der Waals surface area (Å²) in [5.74, 6) is 0.569. The number of imidazole rings is 1. The summed E-state index contributed by atoms with van der Waals surface area (Å²) in [6, 6.07) is 13.8. The van der Waals surface area contributed by atoms with Gasteiger partial charge in [0.05, 0.1) is 18.0 Å². The SMILES string of the molecule is OC1CCC(n2c(Nc3ccccc3F)nc3cnc(Nc4ccc(Cl)cc4)nc32)CC1. The monoisotopic (exact) mass is 452 g/mol. The molecule has 1 aliphatic rings. The summed E-state index contributed by atoms with van der Waals surface area (Å²) in [7, 11) is 0. The van der Waals surface area contributed by atoms with Gasteiger partial charge in [-0.1, -0.05) is 23.7 Å². The van der Waals surface area contributed by atoms with Gasteiger partial charge in [0.2, 0.25) is 11.9 Å². The highest BCUT2D eigenvalue weighted by atomic mass is 35.5. The highest BCUT2D eigenvalue weighted by Crippen LogP contribution is 2.35. The summed E-state index contributed by atoms with van der Waals surface area (Å²) in [5, 5.41) is 16.9. The lowest BCUT2D eigenvalue weighted by molar-refractivity contribution is 0.112. The maximum absolute atomic E-state index is 14.3. The molecule has 0 amide bonds. The van der Waals surface area contributed by atoms with Crippen molar-refractivity contribution in [1.82, 2.24) is 19.5 Å². The van der Waals surface area contributed by atoms with E-state index in [2.05, 4.69) is 20.6 Å². The molecule has 2 aromatic heterocycles. The molecule has 2 aromatic carbocycles. The summed E-state index contributed by atoms with van der Waals surface area (Å²) < 4.78 is 16.3. The van der Waals surface area contributed by atoms with Crippen molar-refractivity contribution < 1.29 is 9.50 Å². The number of anilines is 4. The maximum Gasteiger partial charge on any atom is 0.229 e.